The normalized spacial score (nSPS) is 18.5. The van der Waals surface area contributed by atoms with Crippen molar-refractivity contribution in [3.8, 4) is 0 Å². The second-order valence-electron chi connectivity index (χ2n) is 6.07. The molecule has 1 amide bonds. The molecule has 0 radical (unpaired) electrons. The molecule has 1 unspecified atom stereocenters. The molecule has 1 aliphatic rings. The van der Waals surface area contributed by atoms with Gasteiger partial charge in [0.15, 0.2) is 0 Å². The maximum absolute atomic E-state index is 12.6. The molecule has 0 aliphatic carbocycles. The topological polar surface area (TPSA) is 121 Å². The third-order valence-corrected chi connectivity index (χ3v) is 4.95. The van der Waals surface area contributed by atoms with Crippen LogP contribution < -0.4 is 0 Å². The number of likely N-dealkylation sites (tertiary alicyclic amines) is 1. The van der Waals surface area contributed by atoms with E-state index in [4.69, 9.17) is 0 Å². The number of hydrogen-bond acceptors (Lipinski definition) is 6. The van der Waals surface area contributed by atoms with Crippen molar-refractivity contribution < 1.29 is 24.7 Å². The Bertz CT molecular complexity index is 969. The quantitative estimate of drug-likeness (QED) is 0.239. The largest absolute Gasteiger partial charge is 0.507 e. The number of Topliss-reactive ketones (excluding diaryl/α,β-unsaturated/α-hetero) is 1. The molecule has 1 saturated heterocycles. The zero-order chi connectivity index (χ0) is 20.4. The van der Waals surface area contributed by atoms with Crippen LogP contribution in [0.4, 0.5) is 5.69 Å². The SMILES string of the molecule is O=C1C(=O)N(CCO)C(c2ccc(Br)cc2)/C1=C(\O)c1ccc([N+](=O)[O-])cc1. The summed E-state index contributed by atoms with van der Waals surface area (Å²) in [5.74, 6) is -2.13. The van der Waals surface area contributed by atoms with E-state index < -0.39 is 28.4 Å². The monoisotopic (exact) mass is 446 g/mol. The first-order valence-corrected chi connectivity index (χ1v) is 9.04. The van der Waals surface area contributed by atoms with Crippen LogP contribution in [0.15, 0.2) is 58.6 Å². The Kier molecular flexibility index (Phi) is 5.57. The molecule has 8 nitrogen and oxygen atoms in total. The number of benzene rings is 2. The molecule has 2 aromatic carbocycles. The van der Waals surface area contributed by atoms with E-state index in [2.05, 4.69) is 15.9 Å². The lowest BCUT2D eigenvalue weighted by atomic mass is 9.95. The lowest BCUT2D eigenvalue weighted by Crippen LogP contribution is -2.32. The molecule has 9 heteroatoms. The van der Waals surface area contributed by atoms with E-state index in [9.17, 15) is 29.9 Å². The first-order valence-electron chi connectivity index (χ1n) is 8.24. The van der Waals surface area contributed by atoms with Crippen LogP contribution in [0, 0.1) is 10.1 Å². The fourth-order valence-corrected chi connectivity index (χ4v) is 3.37. The lowest BCUT2D eigenvalue weighted by Gasteiger charge is -2.24. The first-order chi connectivity index (χ1) is 13.3. The number of aliphatic hydroxyl groups excluding tert-OH is 2. The Morgan fingerprint density at radius 2 is 1.71 bits per heavy atom. The number of β-amino-alcohol motifs (C(OH)–C–C–N with tert-alkyl or cyclic N) is 1. The zero-order valence-electron chi connectivity index (χ0n) is 14.4. The summed E-state index contributed by atoms with van der Waals surface area (Å²) < 4.78 is 0.797. The second-order valence-corrected chi connectivity index (χ2v) is 6.99. The van der Waals surface area contributed by atoms with Crippen LogP contribution in [0.1, 0.15) is 17.2 Å². The third kappa shape index (κ3) is 3.54. The van der Waals surface area contributed by atoms with Crippen LogP contribution in [-0.2, 0) is 9.59 Å². The van der Waals surface area contributed by atoms with Gasteiger partial charge in [0.05, 0.1) is 23.1 Å². The number of nitro groups is 1. The molecule has 1 fully saturated rings. The molecule has 3 rings (SSSR count). The Hall–Kier alpha value is -3.04. The third-order valence-electron chi connectivity index (χ3n) is 4.42. The molecule has 2 N–H and O–H groups in total. The van der Waals surface area contributed by atoms with Crippen molar-refractivity contribution in [3.05, 3.63) is 79.8 Å². The summed E-state index contributed by atoms with van der Waals surface area (Å²) in [6, 6.07) is 11.0. The average molecular weight is 447 g/mol. The van der Waals surface area contributed by atoms with Gasteiger partial charge in [0, 0.05) is 28.7 Å². The predicted octanol–water partition coefficient (Wildman–Crippen LogP) is 2.77. The summed E-state index contributed by atoms with van der Waals surface area (Å²) in [4.78, 5) is 36.5. The van der Waals surface area contributed by atoms with Gasteiger partial charge in [-0.2, -0.15) is 0 Å². The number of aliphatic hydroxyl groups is 2. The van der Waals surface area contributed by atoms with Crippen LogP contribution in [0.3, 0.4) is 0 Å². The van der Waals surface area contributed by atoms with Gasteiger partial charge in [-0.25, -0.2) is 0 Å². The standard InChI is InChI=1S/C19H15BrN2O6/c20-13-5-1-11(2-6-13)16-15(18(25)19(26)21(16)9-10-23)17(24)12-3-7-14(8-4-12)22(27)28/h1-8,16,23-24H,9-10H2/b17-15+. The zero-order valence-corrected chi connectivity index (χ0v) is 16.0. The predicted molar refractivity (Wildman–Crippen MR) is 103 cm³/mol. The number of carbonyl (C=O) groups excluding carboxylic acids is 2. The van der Waals surface area contributed by atoms with E-state index in [0.29, 0.717) is 5.56 Å². The van der Waals surface area contributed by atoms with Crippen molar-refractivity contribution in [3.63, 3.8) is 0 Å². The van der Waals surface area contributed by atoms with E-state index >= 15 is 0 Å². The summed E-state index contributed by atoms with van der Waals surface area (Å²) in [5, 5.41) is 30.9. The molecule has 2 aromatic rings. The molecule has 0 saturated carbocycles. The number of non-ortho nitro benzene ring substituents is 1. The van der Waals surface area contributed by atoms with Gasteiger partial charge in [0.2, 0.25) is 0 Å². The van der Waals surface area contributed by atoms with E-state index in [-0.39, 0.29) is 30.0 Å². The first kappa shape index (κ1) is 19.7. The maximum Gasteiger partial charge on any atom is 0.295 e. The van der Waals surface area contributed by atoms with E-state index in [1.54, 1.807) is 24.3 Å². The number of carbonyl (C=O) groups is 2. The minimum absolute atomic E-state index is 0.0810. The molecule has 144 valence electrons. The van der Waals surface area contributed by atoms with Gasteiger partial charge < -0.3 is 15.1 Å². The Balaban J connectivity index is 2.14. The Morgan fingerprint density at radius 1 is 1.11 bits per heavy atom. The molecular formula is C19H15BrN2O6. The van der Waals surface area contributed by atoms with E-state index in [1.807, 2.05) is 0 Å². The smallest absolute Gasteiger partial charge is 0.295 e. The van der Waals surface area contributed by atoms with Crippen molar-refractivity contribution in [1.29, 1.82) is 0 Å². The van der Waals surface area contributed by atoms with Gasteiger partial charge in [-0.3, -0.25) is 19.7 Å². The molecule has 1 aliphatic heterocycles. The highest BCUT2D eigenvalue weighted by Gasteiger charge is 2.45. The van der Waals surface area contributed by atoms with Gasteiger partial charge in [-0.15, -0.1) is 0 Å². The fourth-order valence-electron chi connectivity index (χ4n) is 3.11. The fraction of sp³-hybridized carbons (Fsp3) is 0.158. The number of hydrogen-bond donors (Lipinski definition) is 2. The number of rotatable bonds is 5. The van der Waals surface area contributed by atoms with Gasteiger partial charge in [-0.1, -0.05) is 28.1 Å². The van der Waals surface area contributed by atoms with Gasteiger partial charge in [0.1, 0.15) is 5.76 Å². The van der Waals surface area contributed by atoms with Crippen molar-refractivity contribution in [2.45, 2.75) is 6.04 Å². The summed E-state index contributed by atoms with van der Waals surface area (Å²) in [6.45, 7) is -0.431. The van der Waals surface area contributed by atoms with Crippen molar-refractivity contribution >= 4 is 39.1 Å². The van der Waals surface area contributed by atoms with E-state index in [1.165, 1.54) is 29.2 Å². The second kappa shape index (κ2) is 7.91. The minimum Gasteiger partial charge on any atom is -0.507 e. The maximum atomic E-state index is 12.6. The molecule has 0 spiro atoms. The van der Waals surface area contributed by atoms with Gasteiger partial charge in [0.25, 0.3) is 17.4 Å². The van der Waals surface area contributed by atoms with E-state index in [0.717, 1.165) is 4.47 Å². The van der Waals surface area contributed by atoms with Gasteiger partial charge in [-0.05, 0) is 29.8 Å². The highest BCUT2D eigenvalue weighted by molar-refractivity contribution is 9.10. The molecule has 0 bridgehead atoms. The minimum atomic E-state index is -0.879. The average Bonchev–Trinajstić information content (AvgIpc) is 2.93. The summed E-state index contributed by atoms with van der Waals surface area (Å²) in [7, 11) is 0. The molecule has 1 heterocycles. The number of nitro benzene ring substituents is 1. The summed E-state index contributed by atoms with van der Waals surface area (Å²) >= 11 is 3.32. The van der Waals surface area contributed by atoms with Crippen molar-refractivity contribution in [2.75, 3.05) is 13.2 Å². The molecule has 1 atom stereocenters. The van der Waals surface area contributed by atoms with Gasteiger partial charge >= 0.3 is 0 Å². The van der Waals surface area contributed by atoms with Crippen LogP contribution in [0.5, 0.6) is 0 Å². The summed E-state index contributed by atoms with van der Waals surface area (Å²) in [5.41, 5.74) is 0.463. The van der Waals surface area contributed by atoms with Crippen LogP contribution >= 0.6 is 15.9 Å². The Morgan fingerprint density at radius 3 is 2.25 bits per heavy atom. The number of halogens is 1. The number of ketones is 1. The van der Waals surface area contributed by atoms with Crippen LogP contribution in [-0.4, -0.2) is 44.9 Å². The number of amides is 1. The van der Waals surface area contributed by atoms with Crippen molar-refractivity contribution in [2.24, 2.45) is 0 Å². The Labute approximate surface area is 168 Å². The number of nitrogens with zero attached hydrogens (tertiary/aromatic N) is 2. The highest BCUT2D eigenvalue weighted by atomic mass is 79.9. The molecular weight excluding hydrogens is 432 g/mol. The molecule has 0 aromatic heterocycles. The van der Waals surface area contributed by atoms with Crippen LogP contribution in [0.2, 0.25) is 0 Å². The summed E-state index contributed by atoms with van der Waals surface area (Å²) in [6.07, 6.45) is 0. The molecule has 28 heavy (non-hydrogen) atoms. The van der Waals surface area contributed by atoms with Crippen LogP contribution in [0.25, 0.3) is 5.76 Å². The van der Waals surface area contributed by atoms with Crippen molar-refractivity contribution in [1.82, 2.24) is 4.90 Å². The lowest BCUT2D eigenvalue weighted by molar-refractivity contribution is -0.384. The highest BCUT2D eigenvalue weighted by Crippen LogP contribution is 2.39.